The summed E-state index contributed by atoms with van der Waals surface area (Å²) in [7, 11) is -2.45. The molecule has 3 aromatic heterocycles. The molecule has 5 heterocycles. The number of aliphatic hydroxyl groups excluding tert-OH is 1. The lowest BCUT2D eigenvalue weighted by molar-refractivity contribution is -0.0672. The van der Waals surface area contributed by atoms with E-state index >= 15 is 0 Å². The number of nitrogens with one attached hydrogen (secondary N) is 1. The van der Waals surface area contributed by atoms with Gasteiger partial charge in [0.2, 0.25) is 5.95 Å². The van der Waals surface area contributed by atoms with Crippen LogP contribution in [0.25, 0.3) is 32.9 Å². The maximum atomic E-state index is 14.0. The van der Waals surface area contributed by atoms with E-state index in [1.807, 2.05) is 55.5 Å². The van der Waals surface area contributed by atoms with Crippen LogP contribution in [0, 0.1) is 12.8 Å². The first-order valence-corrected chi connectivity index (χ1v) is 22.3. The second-order valence-corrected chi connectivity index (χ2v) is 18.8. The molecule has 6 aromatic rings. The molecule has 3 aliphatic rings. The van der Waals surface area contributed by atoms with E-state index in [1.54, 1.807) is 43.6 Å². The Hall–Kier alpha value is -4.92. The normalized spacial score (nSPS) is 20.7. The van der Waals surface area contributed by atoms with Crippen molar-refractivity contribution in [3.63, 3.8) is 0 Å². The smallest absolute Gasteiger partial charge is 0.275 e. The molecule has 0 amide bonds. The number of piperidine rings is 1. The van der Waals surface area contributed by atoms with Crippen LogP contribution in [-0.2, 0) is 27.4 Å². The van der Waals surface area contributed by atoms with Gasteiger partial charge in [-0.3, -0.25) is 9.69 Å². The summed E-state index contributed by atoms with van der Waals surface area (Å²) < 4.78 is 37.3. The quantitative estimate of drug-likeness (QED) is 0.165. The van der Waals surface area contributed by atoms with Gasteiger partial charge in [0.15, 0.2) is 5.60 Å². The van der Waals surface area contributed by atoms with Gasteiger partial charge in [0, 0.05) is 80.6 Å². The zero-order valence-electron chi connectivity index (χ0n) is 34.2. The van der Waals surface area contributed by atoms with Crippen LogP contribution in [0.5, 0.6) is 0 Å². The zero-order chi connectivity index (χ0) is 41.1. The number of aliphatic hydroxyl groups is 1. The molecule has 0 bridgehead atoms. The van der Waals surface area contributed by atoms with Gasteiger partial charge in [-0.25, -0.2) is 22.4 Å². The largest absolute Gasteiger partial charge is 0.393 e. The molecule has 59 heavy (non-hydrogen) atoms. The number of piperazine rings is 1. The lowest BCUT2D eigenvalue weighted by Crippen LogP contribution is -2.55. The predicted molar refractivity (Wildman–Crippen MR) is 231 cm³/mol. The molecule has 9 rings (SSSR count). The van der Waals surface area contributed by atoms with E-state index in [4.69, 9.17) is 14.7 Å². The number of aromatic nitrogens is 4. The molecular formula is C46H53N7O5S. The summed E-state index contributed by atoms with van der Waals surface area (Å²) in [6.45, 7) is 10.9. The Kier molecular flexibility index (Phi) is 10.5. The van der Waals surface area contributed by atoms with Crippen molar-refractivity contribution in [2.75, 3.05) is 44.2 Å². The molecule has 12 nitrogen and oxygen atoms in total. The van der Waals surface area contributed by atoms with Crippen LogP contribution in [0.2, 0.25) is 0 Å². The number of nitrogens with zero attached hydrogens (tertiary/aromatic N) is 6. The first-order valence-electron chi connectivity index (χ1n) is 20.9. The highest BCUT2D eigenvalue weighted by atomic mass is 32.2. The number of aryl methyl sites for hydroxylation is 2. The minimum atomic E-state index is -4.08. The van der Waals surface area contributed by atoms with E-state index < -0.39 is 21.2 Å². The van der Waals surface area contributed by atoms with Crippen LogP contribution in [0.15, 0.2) is 101 Å². The van der Waals surface area contributed by atoms with Crippen molar-refractivity contribution in [3.8, 4) is 11.1 Å². The summed E-state index contributed by atoms with van der Waals surface area (Å²) in [6, 6.07) is 25.0. The minimum Gasteiger partial charge on any atom is -0.393 e. The number of hydrogen-bond donors (Lipinski definition) is 2. The molecule has 0 spiro atoms. The van der Waals surface area contributed by atoms with E-state index in [-0.39, 0.29) is 23.1 Å². The van der Waals surface area contributed by atoms with Crippen molar-refractivity contribution in [2.24, 2.45) is 13.0 Å². The molecule has 3 atom stereocenters. The number of hydrogen-bond acceptors (Lipinski definition) is 10. The highest BCUT2D eigenvalue weighted by Crippen LogP contribution is 2.43. The van der Waals surface area contributed by atoms with E-state index in [9.17, 15) is 18.3 Å². The van der Waals surface area contributed by atoms with E-state index in [1.165, 1.54) is 10.8 Å². The molecular weight excluding hydrogens is 763 g/mol. The highest BCUT2D eigenvalue weighted by Gasteiger charge is 2.44. The number of benzene rings is 3. The average molecular weight is 816 g/mol. The maximum absolute atomic E-state index is 14.0. The Balaban J connectivity index is 1.15. The first kappa shape index (κ1) is 39.5. The first-order chi connectivity index (χ1) is 28.4. The van der Waals surface area contributed by atoms with E-state index in [0.29, 0.717) is 51.5 Å². The topological polar surface area (TPSA) is 135 Å². The van der Waals surface area contributed by atoms with Gasteiger partial charge < -0.3 is 24.6 Å². The van der Waals surface area contributed by atoms with Crippen molar-refractivity contribution in [2.45, 2.75) is 75.1 Å². The number of fused-ring (bicyclic) bond motifs is 2. The molecule has 1 aliphatic carbocycles. The predicted octanol–water partition coefficient (Wildman–Crippen LogP) is 5.81. The molecule has 308 valence electrons. The third-order valence-electron chi connectivity index (χ3n) is 12.6. The van der Waals surface area contributed by atoms with Crippen LogP contribution in [-0.4, -0.2) is 94.5 Å². The number of pyridine rings is 1. The minimum absolute atomic E-state index is 0.0247. The third kappa shape index (κ3) is 7.37. The van der Waals surface area contributed by atoms with Gasteiger partial charge in [-0.1, -0.05) is 54.1 Å². The average Bonchev–Trinajstić information content (AvgIpc) is 3.95. The Morgan fingerprint density at radius 1 is 0.932 bits per heavy atom. The van der Waals surface area contributed by atoms with E-state index in [2.05, 4.69) is 29.0 Å². The van der Waals surface area contributed by atoms with Gasteiger partial charge in [-0.05, 0) is 93.8 Å². The van der Waals surface area contributed by atoms with Crippen molar-refractivity contribution >= 4 is 37.8 Å². The summed E-state index contributed by atoms with van der Waals surface area (Å²) in [5, 5.41) is 16.3. The zero-order valence-corrected chi connectivity index (χ0v) is 35.0. The standard InChI is InChI=1S/C46H53N7O5S/c1-30-10-15-37(16-11-30)59(56,57)53-23-20-38-40(28-50(4)44(55)42(38)53)34-12-17-41-39(24-34)43(46(29-54,58-36-13-14-36)35-8-6-5-7-9-35)49-45(48-41)51-21-18-33(19-22-51)27-52-26-31(2)47-25-32(52)3/h5-12,15-17,20,23-24,28,31-33,36,47,54H,13-14,18-19,21-22,25-27,29H2,1-4H3/t31-,32+,46?/m1/s1. The molecule has 1 unspecified atom stereocenters. The Morgan fingerprint density at radius 2 is 1.68 bits per heavy atom. The van der Waals surface area contributed by atoms with Gasteiger partial charge in [0.1, 0.15) is 5.52 Å². The van der Waals surface area contributed by atoms with Gasteiger partial charge in [0.05, 0.1) is 28.8 Å². The lowest BCUT2D eigenvalue weighted by Gasteiger charge is -2.41. The molecule has 2 saturated heterocycles. The van der Waals surface area contributed by atoms with Crippen LogP contribution < -0.4 is 15.8 Å². The van der Waals surface area contributed by atoms with Gasteiger partial charge in [-0.2, -0.15) is 0 Å². The van der Waals surface area contributed by atoms with Gasteiger partial charge >= 0.3 is 0 Å². The monoisotopic (exact) mass is 815 g/mol. The Labute approximate surface area is 345 Å². The molecule has 3 fully saturated rings. The third-order valence-corrected chi connectivity index (χ3v) is 14.3. The van der Waals surface area contributed by atoms with Crippen molar-refractivity contribution in [3.05, 3.63) is 118 Å². The Bertz CT molecular complexity index is 2670. The SMILES string of the molecule is Cc1ccc(S(=O)(=O)n2ccc3c(-c4ccc5nc(N6CCC(CN7C[C@@H](C)NC[C@@H]7C)CC6)nc(C(CO)(OC6CC6)c6ccccc6)c5c4)cn(C)c(=O)c32)cc1. The fourth-order valence-electron chi connectivity index (χ4n) is 8.96. The second-order valence-electron chi connectivity index (χ2n) is 17.0. The fraction of sp³-hybridized carbons (Fsp3) is 0.413. The Morgan fingerprint density at radius 3 is 2.39 bits per heavy atom. The van der Waals surface area contributed by atoms with Crippen molar-refractivity contribution in [1.29, 1.82) is 0 Å². The summed E-state index contributed by atoms with van der Waals surface area (Å²) in [6.07, 6.45) is 7.03. The second kappa shape index (κ2) is 15.6. The van der Waals surface area contributed by atoms with E-state index in [0.717, 1.165) is 79.1 Å². The van der Waals surface area contributed by atoms with Gasteiger partial charge in [-0.15, -0.1) is 0 Å². The van der Waals surface area contributed by atoms with Gasteiger partial charge in [0.25, 0.3) is 15.6 Å². The lowest BCUT2D eigenvalue weighted by atomic mass is 9.87. The summed E-state index contributed by atoms with van der Waals surface area (Å²) in [4.78, 5) is 29.3. The molecule has 2 N–H and O–H groups in total. The number of anilines is 1. The summed E-state index contributed by atoms with van der Waals surface area (Å²) in [5.41, 5.74) is 2.77. The molecule has 2 aliphatic heterocycles. The summed E-state index contributed by atoms with van der Waals surface area (Å²) >= 11 is 0. The highest BCUT2D eigenvalue weighted by molar-refractivity contribution is 7.90. The van der Waals surface area contributed by atoms with Crippen LogP contribution >= 0.6 is 0 Å². The van der Waals surface area contributed by atoms with Crippen LogP contribution in [0.1, 0.15) is 56.4 Å². The molecule has 13 heteroatoms. The van der Waals surface area contributed by atoms with Crippen LogP contribution in [0.3, 0.4) is 0 Å². The van der Waals surface area contributed by atoms with Crippen molar-refractivity contribution < 1.29 is 18.3 Å². The number of rotatable bonds is 11. The molecule has 3 aromatic carbocycles. The maximum Gasteiger partial charge on any atom is 0.275 e. The van der Waals surface area contributed by atoms with Crippen LogP contribution in [0.4, 0.5) is 5.95 Å². The van der Waals surface area contributed by atoms with Crippen molar-refractivity contribution in [1.82, 2.24) is 28.7 Å². The fourth-order valence-corrected chi connectivity index (χ4v) is 10.3. The summed E-state index contributed by atoms with van der Waals surface area (Å²) in [5.74, 6) is 1.19. The molecule has 1 saturated carbocycles. The molecule has 0 radical (unpaired) electrons. The number of ether oxygens (including phenoxy) is 1.